The molecule has 200 valence electrons. The summed E-state index contributed by atoms with van der Waals surface area (Å²) in [4.78, 5) is 35.0. The van der Waals surface area contributed by atoms with Crippen LogP contribution in [0.4, 0.5) is 9.18 Å². The molecule has 7 rings (SSSR count). The summed E-state index contributed by atoms with van der Waals surface area (Å²) in [5.74, 6) is 0.460. The SMILES string of the molecule is CCC1CCN(C(=O)N2CCn3cc(C4=C(c5cnc6ccccn56)C(=O)CC4)c4cc(F)cc(c43)C2)CC1. The van der Waals surface area contributed by atoms with Gasteiger partial charge in [0.25, 0.3) is 0 Å². The van der Waals surface area contributed by atoms with Gasteiger partial charge in [-0.15, -0.1) is 0 Å². The number of ketones is 1. The number of carbonyl (C=O) groups is 2. The molecule has 3 aliphatic rings. The number of Topliss-reactive ketones (excluding diaryl/α,β-unsaturated/α-hetero) is 1. The minimum Gasteiger partial charge on any atom is -0.345 e. The van der Waals surface area contributed by atoms with Crippen molar-refractivity contribution in [1.29, 1.82) is 0 Å². The van der Waals surface area contributed by atoms with Gasteiger partial charge in [0.15, 0.2) is 5.78 Å². The molecule has 0 unspecified atom stereocenters. The van der Waals surface area contributed by atoms with Crippen LogP contribution >= 0.6 is 0 Å². The first-order valence-corrected chi connectivity index (χ1v) is 14.1. The van der Waals surface area contributed by atoms with Crippen LogP contribution in [0.15, 0.2) is 48.9 Å². The average molecular weight is 526 g/mol. The molecular weight excluding hydrogens is 493 g/mol. The zero-order chi connectivity index (χ0) is 26.7. The summed E-state index contributed by atoms with van der Waals surface area (Å²) in [5.41, 5.74) is 5.84. The summed E-state index contributed by atoms with van der Waals surface area (Å²) in [7, 11) is 0. The molecule has 0 saturated carbocycles. The molecule has 2 amide bonds. The molecular formula is C31H32FN5O2. The Morgan fingerprint density at radius 1 is 1.08 bits per heavy atom. The van der Waals surface area contributed by atoms with Crippen molar-refractivity contribution >= 4 is 39.5 Å². The average Bonchev–Trinajstić information content (AvgIpc) is 3.61. The van der Waals surface area contributed by atoms with E-state index in [0.29, 0.717) is 44.0 Å². The van der Waals surface area contributed by atoms with E-state index in [9.17, 15) is 9.59 Å². The van der Waals surface area contributed by atoms with Gasteiger partial charge in [0, 0.05) is 68.1 Å². The van der Waals surface area contributed by atoms with Gasteiger partial charge in [-0.2, -0.15) is 0 Å². The lowest BCUT2D eigenvalue weighted by Crippen LogP contribution is -2.46. The fourth-order valence-electron chi connectivity index (χ4n) is 6.78. The number of amides is 2. The fraction of sp³-hybridized carbons (Fsp3) is 0.387. The summed E-state index contributed by atoms with van der Waals surface area (Å²) >= 11 is 0. The monoisotopic (exact) mass is 525 g/mol. The molecule has 0 atom stereocenters. The normalized spacial score (nSPS) is 18.6. The maximum absolute atomic E-state index is 15.1. The Labute approximate surface area is 226 Å². The number of imidazole rings is 1. The largest absolute Gasteiger partial charge is 0.345 e. The highest BCUT2D eigenvalue weighted by molar-refractivity contribution is 6.31. The van der Waals surface area contributed by atoms with E-state index in [0.717, 1.165) is 71.3 Å². The maximum Gasteiger partial charge on any atom is 0.320 e. The second-order valence-electron chi connectivity index (χ2n) is 11.1. The first-order chi connectivity index (χ1) is 19.0. The lowest BCUT2D eigenvalue weighted by atomic mass is 9.95. The second kappa shape index (κ2) is 9.36. The molecule has 39 heavy (non-hydrogen) atoms. The van der Waals surface area contributed by atoms with Crippen molar-refractivity contribution in [3.8, 4) is 0 Å². The zero-order valence-corrected chi connectivity index (χ0v) is 22.2. The first-order valence-electron chi connectivity index (χ1n) is 14.1. The highest BCUT2D eigenvalue weighted by Gasteiger charge is 2.32. The van der Waals surface area contributed by atoms with E-state index < -0.39 is 0 Å². The van der Waals surface area contributed by atoms with Crippen molar-refractivity contribution in [3.05, 3.63) is 71.6 Å². The number of fused-ring (bicyclic) bond motifs is 1. The van der Waals surface area contributed by atoms with Crippen LogP contribution in [0.2, 0.25) is 0 Å². The number of aromatic nitrogens is 3. The van der Waals surface area contributed by atoms with Gasteiger partial charge in [-0.3, -0.25) is 9.20 Å². The van der Waals surface area contributed by atoms with Gasteiger partial charge in [-0.25, -0.2) is 14.2 Å². The van der Waals surface area contributed by atoms with Gasteiger partial charge in [0.05, 0.1) is 17.4 Å². The minimum atomic E-state index is -0.323. The lowest BCUT2D eigenvalue weighted by molar-refractivity contribution is -0.113. The highest BCUT2D eigenvalue weighted by atomic mass is 19.1. The van der Waals surface area contributed by atoms with Crippen LogP contribution in [0, 0.1) is 11.7 Å². The summed E-state index contributed by atoms with van der Waals surface area (Å²) in [5, 5.41) is 0.805. The van der Waals surface area contributed by atoms with Crippen LogP contribution < -0.4 is 0 Å². The van der Waals surface area contributed by atoms with E-state index in [1.54, 1.807) is 18.3 Å². The molecule has 1 saturated heterocycles. The maximum atomic E-state index is 15.1. The molecule has 2 aliphatic heterocycles. The molecule has 0 spiro atoms. The number of carbonyl (C=O) groups excluding carboxylic acids is 2. The van der Waals surface area contributed by atoms with Crippen molar-refractivity contribution in [1.82, 2.24) is 23.8 Å². The van der Waals surface area contributed by atoms with E-state index >= 15 is 4.39 Å². The summed E-state index contributed by atoms with van der Waals surface area (Å²) < 4.78 is 19.2. The van der Waals surface area contributed by atoms with E-state index in [1.165, 1.54) is 0 Å². The van der Waals surface area contributed by atoms with Gasteiger partial charge < -0.3 is 14.4 Å². The van der Waals surface area contributed by atoms with Crippen molar-refractivity contribution in [2.24, 2.45) is 5.92 Å². The molecule has 7 nitrogen and oxygen atoms in total. The third-order valence-corrected chi connectivity index (χ3v) is 8.90. The number of hydrogen-bond donors (Lipinski definition) is 0. The lowest BCUT2D eigenvalue weighted by Gasteiger charge is -2.35. The number of nitrogens with zero attached hydrogens (tertiary/aromatic N) is 5. The third kappa shape index (κ3) is 3.96. The topological polar surface area (TPSA) is 62.9 Å². The Bertz CT molecular complexity index is 1660. The quantitative estimate of drug-likeness (QED) is 0.342. The number of pyridine rings is 1. The van der Waals surface area contributed by atoms with Crippen molar-refractivity contribution < 1.29 is 14.0 Å². The first kappa shape index (κ1) is 24.1. The number of benzene rings is 1. The Hall–Kier alpha value is -3.94. The molecule has 1 fully saturated rings. The molecule has 1 aliphatic carbocycles. The molecule has 0 N–H and O–H groups in total. The third-order valence-electron chi connectivity index (χ3n) is 8.90. The Morgan fingerprint density at radius 2 is 1.92 bits per heavy atom. The van der Waals surface area contributed by atoms with Gasteiger partial charge in [-0.05, 0) is 60.6 Å². The van der Waals surface area contributed by atoms with Crippen LogP contribution in [-0.2, 0) is 17.9 Å². The zero-order valence-electron chi connectivity index (χ0n) is 22.2. The fourth-order valence-corrected chi connectivity index (χ4v) is 6.78. The molecule has 5 heterocycles. The molecule has 0 bridgehead atoms. The van der Waals surface area contributed by atoms with E-state index in [4.69, 9.17) is 0 Å². The van der Waals surface area contributed by atoms with Crippen LogP contribution in [-0.4, -0.2) is 55.2 Å². The Balaban J connectivity index is 1.28. The van der Waals surface area contributed by atoms with Crippen molar-refractivity contribution in [2.45, 2.75) is 52.1 Å². The Kier molecular flexibility index (Phi) is 5.79. The highest BCUT2D eigenvalue weighted by Crippen LogP contribution is 2.42. The van der Waals surface area contributed by atoms with E-state index in [1.807, 2.05) is 38.6 Å². The molecule has 8 heteroatoms. The Morgan fingerprint density at radius 3 is 2.74 bits per heavy atom. The minimum absolute atomic E-state index is 0.0481. The van der Waals surface area contributed by atoms with Crippen molar-refractivity contribution in [2.75, 3.05) is 19.6 Å². The molecule has 1 aromatic carbocycles. The smallest absolute Gasteiger partial charge is 0.320 e. The molecule has 0 radical (unpaired) electrons. The molecule has 3 aromatic heterocycles. The van der Waals surface area contributed by atoms with E-state index in [-0.39, 0.29) is 17.6 Å². The van der Waals surface area contributed by atoms with E-state index in [2.05, 4.69) is 22.7 Å². The number of hydrogen-bond acceptors (Lipinski definition) is 3. The second-order valence-corrected chi connectivity index (χ2v) is 11.1. The van der Waals surface area contributed by atoms with Crippen LogP contribution in [0.1, 0.15) is 55.8 Å². The number of urea groups is 1. The predicted molar refractivity (Wildman–Crippen MR) is 149 cm³/mol. The van der Waals surface area contributed by atoms with Gasteiger partial charge in [0.1, 0.15) is 11.5 Å². The van der Waals surface area contributed by atoms with Gasteiger partial charge in [0.2, 0.25) is 0 Å². The summed E-state index contributed by atoms with van der Waals surface area (Å²) in [6.45, 7) is 5.35. The summed E-state index contributed by atoms with van der Waals surface area (Å²) in [6, 6.07) is 8.97. The van der Waals surface area contributed by atoms with Gasteiger partial charge in [-0.1, -0.05) is 19.4 Å². The van der Waals surface area contributed by atoms with Crippen LogP contribution in [0.25, 0.3) is 27.7 Å². The summed E-state index contributed by atoms with van der Waals surface area (Å²) in [6.07, 6.45) is 10.0. The van der Waals surface area contributed by atoms with Crippen molar-refractivity contribution in [3.63, 3.8) is 0 Å². The predicted octanol–water partition coefficient (Wildman–Crippen LogP) is 5.76. The number of halogens is 1. The number of piperidine rings is 1. The number of allylic oxidation sites excluding steroid dienone is 2. The molecule has 4 aromatic rings. The number of likely N-dealkylation sites (tertiary alicyclic amines) is 1. The number of rotatable bonds is 3. The van der Waals surface area contributed by atoms with Gasteiger partial charge >= 0.3 is 6.03 Å². The van der Waals surface area contributed by atoms with Crippen LogP contribution in [0.5, 0.6) is 0 Å². The van der Waals surface area contributed by atoms with Crippen LogP contribution in [0.3, 0.4) is 0 Å². The standard InChI is InChI=1S/C31H32FN5O2/c1-2-20-8-11-34(12-9-20)31(39)36-14-13-35-19-25(24-16-22(32)15-21(18-36)30(24)35)23-6-7-27(38)29(23)26-17-33-28-5-3-4-10-37(26)28/h3-5,10,15-17,19-20H,2,6-9,11-14,18H2,1H3.